The SMILES string of the molecule is O=C(COc1ccc(C(=O)c2ccccc2)cc1)Nc1ccccc1N1CCCCC1. The zero-order valence-electron chi connectivity index (χ0n) is 17.4. The van der Waals surface area contributed by atoms with Crippen LogP contribution in [0.3, 0.4) is 0 Å². The molecule has 1 amide bonds. The molecule has 0 radical (unpaired) electrons. The van der Waals surface area contributed by atoms with E-state index in [2.05, 4.69) is 10.2 Å². The molecule has 0 saturated carbocycles. The summed E-state index contributed by atoms with van der Waals surface area (Å²) in [7, 11) is 0. The van der Waals surface area contributed by atoms with E-state index in [0.29, 0.717) is 16.9 Å². The second kappa shape index (κ2) is 9.94. The van der Waals surface area contributed by atoms with Crippen molar-refractivity contribution in [3.8, 4) is 5.75 Å². The first-order valence-corrected chi connectivity index (χ1v) is 10.7. The number of rotatable bonds is 7. The second-order valence-corrected chi connectivity index (χ2v) is 7.62. The van der Waals surface area contributed by atoms with Crippen LogP contribution in [-0.2, 0) is 4.79 Å². The number of carbonyl (C=O) groups excluding carboxylic acids is 2. The van der Waals surface area contributed by atoms with Crippen LogP contribution in [0.15, 0.2) is 78.9 Å². The number of nitrogens with one attached hydrogen (secondary N) is 1. The highest BCUT2D eigenvalue weighted by Crippen LogP contribution is 2.28. The van der Waals surface area contributed by atoms with Crippen molar-refractivity contribution < 1.29 is 14.3 Å². The summed E-state index contributed by atoms with van der Waals surface area (Å²) in [6.45, 7) is 1.93. The minimum absolute atomic E-state index is 0.0424. The Kier molecular flexibility index (Phi) is 6.62. The van der Waals surface area contributed by atoms with Crippen LogP contribution in [0.25, 0.3) is 0 Å². The van der Waals surface area contributed by atoms with Gasteiger partial charge in [-0.1, -0.05) is 42.5 Å². The number of ether oxygens (including phenoxy) is 1. The minimum Gasteiger partial charge on any atom is -0.484 e. The molecule has 0 unspecified atom stereocenters. The lowest BCUT2D eigenvalue weighted by atomic mass is 10.0. The molecular weight excluding hydrogens is 388 g/mol. The summed E-state index contributed by atoms with van der Waals surface area (Å²) in [6.07, 6.45) is 3.61. The van der Waals surface area contributed by atoms with E-state index in [4.69, 9.17) is 4.74 Å². The Balaban J connectivity index is 1.34. The molecule has 3 aromatic rings. The van der Waals surface area contributed by atoms with Gasteiger partial charge in [0.15, 0.2) is 12.4 Å². The summed E-state index contributed by atoms with van der Waals surface area (Å²) in [5, 5.41) is 2.97. The lowest BCUT2D eigenvalue weighted by molar-refractivity contribution is -0.118. The summed E-state index contributed by atoms with van der Waals surface area (Å²) >= 11 is 0. The fourth-order valence-electron chi connectivity index (χ4n) is 3.78. The fourth-order valence-corrected chi connectivity index (χ4v) is 3.78. The van der Waals surface area contributed by atoms with E-state index in [1.807, 2.05) is 42.5 Å². The van der Waals surface area contributed by atoms with Crippen LogP contribution in [0.4, 0.5) is 11.4 Å². The molecule has 1 saturated heterocycles. The van der Waals surface area contributed by atoms with Crippen molar-refractivity contribution in [2.75, 3.05) is 29.9 Å². The molecule has 1 N–H and O–H groups in total. The Morgan fingerprint density at radius 3 is 2.16 bits per heavy atom. The van der Waals surface area contributed by atoms with Crippen molar-refractivity contribution in [1.82, 2.24) is 0 Å². The second-order valence-electron chi connectivity index (χ2n) is 7.62. The van der Waals surface area contributed by atoms with Gasteiger partial charge in [-0.15, -0.1) is 0 Å². The van der Waals surface area contributed by atoms with Gasteiger partial charge < -0.3 is 15.0 Å². The van der Waals surface area contributed by atoms with Gasteiger partial charge in [-0.25, -0.2) is 0 Å². The molecule has 0 atom stereocenters. The highest BCUT2D eigenvalue weighted by molar-refractivity contribution is 6.09. The van der Waals surface area contributed by atoms with Gasteiger partial charge >= 0.3 is 0 Å². The normalized spacial score (nSPS) is 13.5. The predicted octanol–water partition coefficient (Wildman–Crippen LogP) is 4.93. The summed E-state index contributed by atoms with van der Waals surface area (Å²) < 4.78 is 5.63. The average Bonchev–Trinajstić information content (AvgIpc) is 2.84. The number of piperidine rings is 1. The third-order valence-corrected chi connectivity index (χ3v) is 5.40. The third-order valence-electron chi connectivity index (χ3n) is 5.40. The lowest BCUT2D eigenvalue weighted by Crippen LogP contribution is -2.30. The van der Waals surface area contributed by atoms with E-state index in [1.165, 1.54) is 19.3 Å². The maximum Gasteiger partial charge on any atom is 0.262 e. The van der Waals surface area contributed by atoms with Crippen molar-refractivity contribution in [2.45, 2.75) is 19.3 Å². The summed E-state index contributed by atoms with van der Waals surface area (Å²) in [6, 6.07) is 23.9. The Bertz CT molecular complexity index is 1030. The average molecular weight is 415 g/mol. The predicted molar refractivity (Wildman–Crippen MR) is 123 cm³/mol. The third kappa shape index (κ3) is 5.31. The van der Waals surface area contributed by atoms with Crippen molar-refractivity contribution in [2.24, 2.45) is 0 Å². The summed E-state index contributed by atoms with van der Waals surface area (Å²) in [5.41, 5.74) is 3.09. The van der Waals surface area contributed by atoms with Crippen molar-refractivity contribution >= 4 is 23.1 Å². The molecule has 1 aliphatic rings. The molecule has 0 bridgehead atoms. The molecule has 1 heterocycles. The molecule has 0 aliphatic carbocycles. The molecular formula is C26H26N2O3. The Labute approximate surface area is 182 Å². The van der Waals surface area contributed by atoms with Crippen LogP contribution in [0.5, 0.6) is 5.75 Å². The largest absolute Gasteiger partial charge is 0.484 e. The van der Waals surface area contributed by atoms with Crippen LogP contribution in [0, 0.1) is 0 Å². The van der Waals surface area contributed by atoms with Crippen LogP contribution < -0.4 is 15.0 Å². The minimum atomic E-state index is -0.214. The standard InChI is InChI=1S/C26H26N2O3/c29-25(27-23-11-5-6-12-24(23)28-17-7-2-8-18-28)19-31-22-15-13-21(14-16-22)26(30)20-9-3-1-4-10-20/h1,3-6,9-16H,2,7-8,17-19H2,(H,27,29). The quantitative estimate of drug-likeness (QED) is 0.557. The van der Waals surface area contributed by atoms with Gasteiger partial charge in [0.25, 0.3) is 5.91 Å². The number of anilines is 2. The topological polar surface area (TPSA) is 58.6 Å². The molecule has 158 valence electrons. The molecule has 1 fully saturated rings. The summed E-state index contributed by atoms with van der Waals surface area (Å²) in [4.78, 5) is 27.3. The van der Waals surface area contributed by atoms with E-state index in [-0.39, 0.29) is 18.3 Å². The van der Waals surface area contributed by atoms with E-state index >= 15 is 0 Å². The van der Waals surface area contributed by atoms with E-state index < -0.39 is 0 Å². The van der Waals surface area contributed by atoms with Crippen molar-refractivity contribution in [1.29, 1.82) is 0 Å². The Hall–Kier alpha value is -3.60. The van der Waals surface area contributed by atoms with Crippen LogP contribution in [0.2, 0.25) is 0 Å². The highest BCUT2D eigenvalue weighted by Gasteiger charge is 2.16. The van der Waals surface area contributed by atoms with Gasteiger partial charge in [0, 0.05) is 24.2 Å². The van der Waals surface area contributed by atoms with Gasteiger partial charge in [-0.05, 0) is 55.7 Å². The highest BCUT2D eigenvalue weighted by atomic mass is 16.5. The monoisotopic (exact) mass is 414 g/mol. The van der Waals surface area contributed by atoms with Gasteiger partial charge in [0.2, 0.25) is 0 Å². The first-order valence-electron chi connectivity index (χ1n) is 10.7. The Morgan fingerprint density at radius 2 is 1.42 bits per heavy atom. The van der Waals surface area contributed by atoms with Crippen LogP contribution in [0.1, 0.15) is 35.2 Å². The number of carbonyl (C=O) groups is 2. The van der Waals surface area contributed by atoms with Crippen molar-refractivity contribution in [3.05, 3.63) is 90.0 Å². The first-order chi connectivity index (χ1) is 15.2. The summed E-state index contributed by atoms with van der Waals surface area (Å²) in [5.74, 6) is 0.289. The maximum atomic E-state index is 12.5. The molecule has 5 nitrogen and oxygen atoms in total. The smallest absolute Gasteiger partial charge is 0.262 e. The zero-order chi connectivity index (χ0) is 21.5. The number of para-hydroxylation sites is 2. The fraction of sp³-hybridized carbons (Fsp3) is 0.231. The van der Waals surface area contributed by atoms with E-state index in [9.17, 15) is 9.59 Å². The van der Waals surface area contributed by atoms with E-state index in [0.717, 1.165) is 24.5 Å². The molecule has 31 heavy (non-hydrogen) atoms. The molecule has 0 aromatic heterocycles. The number of hydrogen-bond donors (Lipinski definition) is 1. The molecule has 5 heteroatoms. The lowest BCUT2D eigenvalue weighted by Gasteiger charge is -2.30. The van der Waals surface area contributed by atoms with Crippen molar-refractivity contribution in [3.63, 3.8) is 0 Å². The number of amides is 1. The number of ketones is 1. The van der Waals surface area contributed by atoms with Crippen LogP contribution >= 0.6 is 0 Å². The first kappa shape index (κ1) is 20.7. The van der Waals surface area contributed by atoms with Gasteiger partial charge in [-0.3, -0.25) is 9.59 Å². The zero-order valence-corrected chi connectivity index (χ0v) is 17.4. The van der Waals surface area contributed by atoms with E-state index in [1.54, 1.807) is 36.4 Å². The number of nitrogens with zero attached hydrogens (tertiary/aromatic N) is 1. The molecule has 3 aromatic carbocycles. The molecule has 0 spiro atoms. The van der Waals surface area contributed by atoms with Gasteiger partial charge in [0.1, 0.15) is 5.75 Å². The van der Waals surface area contributed by atoms with Gasteiger partial charge in [-0.2, -0.15) is 0 Å². The molecule has 1 aliphatic heterocycles. The molecule has 4 rings (SSSR count). The number of hydrogen-bond acceptors (Lipinski definition) is 4. The van der Waals surface area contributed by atoms with Crippen LogP contribution in [-0.4, -0.2) is 31.4 Å². The Morgan fingerprint density at radius 1 is 0.774 bits per heavy atom. The van der Waals surface area contributed by atoms with Gasteiger partial charge in [0.05, 0.1) is 11.4 Å². The maximum absolute atomic E-state index is 12.5. The number of benzene rings is 3.